The number of ketones is 1. The van der Waals surface area contributed by atoms with Crippen molar-refractivity contribution in [3.05, 3.63) is 99.6 Å². The van der Waals surface area contributed by atoms with Crippen molar-refractivity contribution in [3.63, 3.8) is 0 Å². The number of carbonyl (C=O) groups excluding carboxylic acids is 2. The minimum atomic E-state index is -1.05. The molecule has 10 heteroatoms. The Kier molecular flexibility index (Phi) is 5.92. The molecule has 0 radical (unpaired) electrons. The lowest BCUT2D eigenvalue weighted by Gasteiger charge is -2.23. The van der Waals surface area contributed by atoms with Crippen molar-refractivity contribution in [1.82, 2.24) is 9.97 Å². The van der Waals surface area contributed by atoms with Crippen molar-refractivity contribution in [2.75, 3.05) is 4.90 Å². The third-order valence-electron chi connectivity index (χ3n) is 5.95. The lowest BCUT2D eigenvalue weighted by atomic mass is 9.95. The minimum absolute atomic E-state index is 0.0431. The largest absolute Gasteiger partial charge is 0.507 e. The number of fused-ring (bicyclic) bond motifs is 1. The number of benzene rings is 3. The summed E-state index contributed by atoms with van der Waals surface area (Å²) in [6.07, 6.45) is -0.0547. The number of nitrogens with one attached hydrogen (secondary N) is 1. The van der Waals surface area contributed by atoms with Gasteiger partial charge in [-0.1, -0.05) is 36.4 Å². The number of H-pyrrole nitrogens is 1. The molecule has 1 amide bonds. The maximum absolute atomic E-state index is 13.3. The standard InChI is InChI=1S/C27H22N4O6/c1-15(2)37-19-12-10-16(11-13-19)23-22(24(32)17-6-5-7-18(14-17)31(35)36)25(33)26(34)30(23)27-28-20-8-3-4-9-21(20)29-27/h3-15,23,32H,1-2H3,(H,28,29)/b24-22+. The van der Waals surface area contributed by atoms with Gasteiger partial charge in [0.05, 0.1) is 33.7 Å². The third-order valence-corrected chi connectivity index (χ3v) is 5.95. The van der Waals surface area contributed by atoms with Crippen LogP contribution in [0.3, 0.4) is 0 Å². The number of amides is 1. The van der Waals surface area contributed by atoms with Gasteiger partial charge in [0.2, 0.25) is 5.95 Å². The van der Waals surface area contributed by atoms with Gasteiger partial charge in [0.15, 0.2) is 0 Å². The Balaban J connectivity index is 1.69. The molecule has 4 aromatic rings. The zero-order chi connectivity index (χ0) is 26.3. The molecule has 186 valence electrons. The number of anilines is 1. The molecule has 0 bridgehead atoms. The number of ether oxygens (including phenoxy) is 1. The number of carbonyl (C=O) groups is 2. The van der Waals surface area contributed by atoms with Crippen LogP contribution in [0.4, 0.5) is 11.6 Å². The summed E-state index contributed by atoms with van der Waals surface area (Å²) in [4.78, 5) is 46.1. The van der Waals surface area contributed by atoms with Crippen molar-refractivity contribution >= 4 is 40.1 Å². The Labute approximate surface area is 211 Å². The third kappa shape index (κ3) is 4.29. The molecule has 0 aliphatic carbocycles. The lowest BCUT2D eigenvalue weighted by molar-refractivity contribution is -0.384. The first-order valence-corrected chi connectivity index (χ1v) is 11.5. The van der Waals surface area contributed by atoms with Crippen LogP contribution in [0, 0.1) is 10.1 Å². The zero-order valence-corrected chi connectivity index (χ0v) is 19.9. The van der Waals surface area contributed by atoms with Crippen molar-refractivity contribution in [1.29, 1.82) is 0 Å². The maximum atomic E-state index is 13.3. The van der Waals surface area contributed by atoms with Crippen LogP contribution in [0.25, 0.3) is 16.8 Å². The number of aromatic nitrogens is 2. The monoisotopic (exact) mass is 498 g/mol. The second-order valence-electron chi connectivity index (χ2n) is 8.79. The topological polar surface area (TPSA) is 139 Å². The lowest BCUT2D eigenvalue weighted by Crippen LogP contribution is -2.30. The van der Waals surface area contributed by atoms with Crippen molar-refractivity contribution < 1.29 is 24.4 Å². The highest BCUT2D eigenvalue weighted by Gasteiger charge is 2.48. The summed E-state index contributed by atoms with van der Waals surface area (Å²) in [7, 11) is 0. The van der Waals surface area contributed by atoms with E-state index in [0.717, 1.165) is 6.07 Å². The number of aromatic amines is 1. The molecule has 1 aliphatic heterocycles. The molecule has 1 aromatic heterocycles. The minimum Gasteiger partial charge on any atom is -0.507 e. The predicted molar refractivity (Wildman–Crippen MR) is 136 cm³/mol. The van der Waals surface area contributed by atoms with Crippen LogP contribution in [0.5, 0.6) is 5.75 Å². The fraction of sp³-hybridized carbons (Fsp3) is 0.148. The average Bonchev–Trinajstić information content (AvgIpc) is 3.42. The van der Waals surface area contributed by atoms with Gasteiger partial charge >= 0.3 is 5.91 Å². The van der Waals surface area contributed by atoms with Crippen LogP contribution in [-0.2, 0) is 9.59 Å². The SMILES string of the molecule is CC(C)Oc1ccc(C2/C(=C(\O)c3cccc([N+](=O)[O-])c3)C(=O)C(=O)N2c2nc3ccccc3[nH]2)cc1. The highest BCUT2D eigenvalue weighted by molar-refractivity contribution is 6.51. The Morgan fingerprint density at radius 2 is 1.81 bits per heavy atom. The molecule has 0 spiro atoms. The number of rotatable bonds is 6. The van der Waals surface area contributed by atoms with Crippen molar-refractivity contribution in [3.8, 4) is 5.75 Å². The van der Waals surface area contributed by atoms with Gasteiger partial charge in [0.25, 0.3) is 11.5 Å². The number of hydrogen-bond acceptors (Lipinski definition) is 7. The Morgan fingerprint density at radius 3 is 2.49 bits per heavy atom. The quantitative estimate of drug-likeness (QED) is 0.127. The van der Waals surface area contributed by atoms with Gasteiger partial charge in [-0.2, -0.15) is 0 Å². The van der Waals surface area contributed by atoms with E-state index in [2.05, 4.69) is 9.97 Å². The number of nitrogens with zero attached hydrogens (tertiary/aromatic N) is 3. The van der Waals surface area contributed by atoms with Gasteiger partial charge in [-0.15, -0.1) is 0 Å². The molecule has 37 heavy (non-hydrogen) atoms. The van der Waals surface area contributed by atoms with Gasteiger partial charge in [0.1, 0.15) is 11.5 Å². The summed E-state index contributed by atoms with van der Waals surface area (Å²) in [5.74, 6) is -1.62. The average molecular weight is 498 g/mol. The molecule has 5 rings (SSSR count). The van der Waals surface area contributed by atoms with Crippen LogP contribution in [0.2, 0.25) is 0 Å². The van der Waals surface area contributed by atoms with E-state index >= 15 is 0 Å². The summed E-state index contributed by atoms with van der Waals surface area (Å²) < 4.78 is 5.71. The molecule has 10 nitrogen and oxygen atoms in total. The molecule has 1 fully saturated rings. The molecular weight excluding hydrogens is 476 g/mol. The van der Waals surface area contributed by atoms with Crippen LogP contribution < -0.4 is 9.64 Å². The van der Waals surface area contributed by atoms with E-state index in [1.54, 1.807) is 42.5 Å². The fourth-order valence-electron chi connectivity index (χ4n) is 4.34. The number of imidazole rings is 1. The zero-order valence-electron chi connectivity index (χ0n) is 19.9. The predicted octanol–water partition coefficient (Wildman–Crippen LogP) is 4.88. The van der Waals surface area contributed by atoms with Gasteiger partial charge in [-0.25, -0.2) is 4.98 Å². The molecule has 1 unspecified atom stereocenters. The molecular formula is C27H22N4O6. The first kappa shape index (κ1) is 23.7. The van der Waals surface area contributed by atoms with Crippen LogP contribution in [0.15, 0.2) is 78.4 Å². The summed E-state index contributed by atoms with van der Waals surface area (Å²) in [5.41, 5.74) is 1.35. The van der Waals surface area contributed by atoms with Crippen LogP contribution in [-0.4, -0.2) is 37.8 Å². The molecule has 2 heterocycles. The van der Waals surface area contributed by atoms with E-state index in [-0.39, 0.29) is 28.9 Å². The first-order chi connectivity index (χ1) is 17.7. The van der Waals surface area contributed by atoms with Crippen molar-refractivity contribution in [2.24, 2.45) is 0 Å². The molecule has 0 saturated carbocycles. The van der Waals surface area contributed by atoms with Crippen LogP contribution >= 0.6 is 0 Å². The number of para-hydroxylation sites is 2. The summed E-state index contributed by atoms with van der Waals surface area (Å²) in [5, 5.41) is 22.5. The Hall–Kier alpha value is -4.99. The number of aliphatic hydroxyl groups excluding tert-OH is 1. The highest BCUT2D eigenvalue weighted by Crippen LogP contribution is 2.42. The second-order valence-corrected chi connectivity index (χ2v) is 8.79. The van der Waals surface area contributed by atoms with E-state index in [0.29, 0.717) is 22.3 Å². The number of aliphatic hydroxyl groups is 1. The van der Waals surface area contributed by atoms with E-state index in [1.165, 1.54) is 23.1 Å². The van der Waals surface area contributed by atoms with E-state index < -0.39 is 28.4 Å². The summed E-state index contributed by atoms with van der Waals surface area (Å²) in [6, 6.07) is 18.2. The maximum Gasteiger partial charge on any atom is 0.302 e. The van der Waals surface area contributed by atoms with Gasteiger partial charge in [-0.05, 0) is 43.7 Å². The first-order valence-electron chi connectivity index (χ1n) is 11.5. The molecule has 2 N–H and O–H groups in total. The smallest absolute Gasteiger partial charge is 0.302 e. The molecule has 3 aromatic carbocycles. The van der Waals surface area contributed by atoms with Crippen molar-refractivity contribution in [2.45, 2.75) is 26.0 Å². The summed E-state index contributed by atoms with van der Waals surface area (Å²) >= 11 is 0. The molecule has 1 aliphatic rings. The molecule has 1 saturated heterocycles. The second kappa shape index (κ2) is 9.23. The van der Waals surface area contributed by atoms with E-state index in [4.69, 9.17) is 4.74 Å². The normalized spacial score (nSPS) is 17.1. The highest BCUT2D eigenvalue weighted by atomic mass is 16.6. The van der Waals surface area contributed by atoms with E-state index in [9.17, 15) is 24.8 Å². The Bertz CT molecular complexity index is 1540. The van der Waals surface area contributed by atoms with Crippen LogP contribution in [0.1, 0.15) is 31.0 Å². The number of nitro benzene ring substituents is 1. The Morgan fingerprint density at radius 1 is 1.08 bits per heavy atom. The van der Waals surface area contributed by atoms with E-state index in [1.807, 2.05) is 19.9 Å². The van der Waals surface area contributed by atoms with Gasteiger partial charge < -0.3 is 14.8 Å². The number of hydrogen-bond donors (Lipinski definition) is 2. The van der Waals surface area contributed by atoms with Gasteiger partial charge in [-0.3, -0.25) is 24.6 Å². The summed E-state index contributed by atoms with van der Waals surface area (Å²) in [6.45, 7) is 3.78. The molecule has 1 atom stereocenters. The fourth-order valence-corrected chi connectivity index (χ4v) is 4.34. The number of nitro groups is 1. The van der Waals surface area contributed by atoms with Gasteiger partial charge in [0, 0.05) is 17.7 Å². The number of non-ortho nitro benzene ring substituents is 1. The number of Topliss-reactive ketones (excluding diaryl/α,β-unsaturated/α-hetero) is 1.